The van der Waals surface area contributed by atoms with E-state index in [1.165, 1.54) is 6.92 Å². The Hall–Kier alpha value is -2.55. The summed E-state index contributed by atoms with van der Waals surface area (Å²) >= 11 is 0. The van der Waals surface area contributed by atoms with E-state index >= 15 is 0 Å². The molecule has 0 atom stereocenters. The SMILES string of the molecule is C=C(C)c1ccc(NC(C)=O)c(C/C=C/c2ccco2)c1.[HH]. The summed E-state index contributed by atoms with van der Waals surface area (Å²) in [6.45, 7) is 7.43. The average molecular weight is 283 g/mol. The molecule has 0 aliphatic heterocycles. The van der Waals surface area contributed by atoms with Crippen LogP contribution in [0, 0.1) is 0 Å². The molecule has 0 saturated carbocycles. The second kappa shape index (κ2) is 6.75. The van der Waals surface area contributed by atoms with Crippen LogP contribution in [-0.2, 0) is 11.2 Å². The van der Waals surface area contributed by atoms with Crippen molar-refractivity contribution in [3.05, 3.63) is 66.1 Å². The van der Waals surface area contributed by atoms with Gasteiger partial charge in [-0.1, -0.05) is 24.3 Å². The third-order valence-corrected chi connectivity index (χ3v) is 3.07. The molecule has 0 bridgehead atoms. The van der Waals surface area contributed by atoms with Crippen LogP contribution in [0.5, 0.6) is 0 Å². The van der Waals surface area contributed by atoms with E-state index in [0.717, 1.165) is 28.1 Å². The molecule has 0 unspecified atom stereocenters. The van der Waals surface area contributed by atoms with Crippen LogP contribution in [0.15, 0.2) is 53.7 Å². The van der Waals surface area contributed by atoms with Crippen molar-refractivity contribution in [1.82, 2.24) is 0 Å². The van der Waals surface area contributed by atoms with E-state index in [0.29, 0.717) is 6.42 Å². The molecule has 0 spiro atoms. The van der Waals surface area contributed by atoms with E-state index in [1.54, 1.807) is 6.26 Å². The number of rotatable bonds is 5. The molecule has 0 fully saturated rings. The first-order chi connectivity index (χ1) is 10.1. The van der Waals surface area contributed by atoms with Crippen molar-refractivity contribution in [3.8, 4) is 0 Å². The summed E-state index contributed by atoms with van der Waals surface area (Å²) in [5.41, 5.74) is 3.95. The quantitative estimate of drug-likeness (QED) is 0.858. The van der Waals surface area contributed by atoms with E-state index < -0.39 is 0 Å². The molecule has 0 aliphatic rings. The maximum Gasteiger partial charge on any atom is 0.221 e. The molecule has 0 aliphatic carbocycles. The highest BCUT2D eigenvalue weighted by Gasteiger charge is 2.05. The Kier molecular flexibility index (Phi) is 4.77. The van der Waals surface area contributed by atoms with Crippen molar-refractivity contribution < 1.29 is 10.6 Å². The molecule has 3 nitrogen and oxygen atoms in total. The van der Waals surface area contributed by atoms with E-state index in [4.69, 9.17) is 4.42 Å². The molecule has 1 amide bonds. The van der Waals surface area contributed by atoms with Crippen LogP contribution in [0.2, 0.25) is 0 Å². The number of allylic oxidation sites excluding steroid dienone is 2. The molecule has 110 valence electrons. The Morgan fingerprint density at radius 1 is 1.38 bits per heavy atom. The van der Waals surface area contributed by atoms with Gasteiger partial charge in [-0.15, -0.1) is 0 Å². The van der Waals surface area contributed by atoms with Gasteiger partial charge in [0.1, 0.15) is 5.76 Å². The van der Waals surface area contributed by atoms with Crippen LogP contribution in [-0.4, -0.2) is 5.91 Å². The van der Waals surface area contributed by atoms with Crippen LogP contribution in [0.1, 0.15) is 32.2 Å². The fourth-order valence-corrected chi connectivity index (χ4v) is 2.03. The number of carbonyl (C=O) groups excluding carboxylic acids is 1. The summed E-state index contributed by atoms with van der Waals surface area (Å²) in [6.07, 6.45) is 6.29. The molecular formula is C18H21NO2. The predicted molar refractivity (Wildman–Crippen MR) is 89.0 cm³/mol. The summed E-state index contributed by atoms with van der Waals surface area (Å²) < 4.78 is 5.26. The maximum absolute atomic E-state index is 11.3. The average Bonchev–Trinajstić information content (AvgIpc) is 2.93. The minimum atomic E-state index is -0.0747. The van der Waals surface area contributed by atoms with Gasteiger partial charge in [0.25, 0.3) is 0 Å². The van der Waals surface area contributed by atoms with Gasteiger partial charge in [0.05, 0.1) is 6.26 Å². The zero-order chi connectivity index (χ0) is 15.2. The van der Waals surface area contributed by atoms with Gasteiger partial charge in [0.15, 0.2) is 0 Å². The Balaban J connectivity index is 0.00000242. The van der Waals surface area contributed by atoms with Crippen LogP contribution in [0.25, 0.3) is 11.6 Å². The lowest BCUT2D eigenvalue weighted by Crippen LogP contribution is -2.08. The molecule has 21 heavy (non-hydrogen) atoms. The van der Waals surface area contributed by atoms with E-state index in [-0.39, 0.29) is 7.33 Å². The molecule has 1 N–H and O–H groups in total. The van der Waals surface area contributed by atoms with Gasteiger partial charge in [-0.2, -0.15) is 0 Å². The molecule has 2 aromatic rings. The third-order valence-electron chi connectivity index (χ3n) is 3.07. The third kappa shape index (κ3) is 4.21. The lowest BCUT2D eigenvalue weighted by molar-refractivity contribution is -0.114. The zero-order valence-corrected chi connectivity index (χ0v) is 12.3. The number of amides is 1. The van der Waals surface area contributed by atoms with E-state index in [1.807, 2.05) is 43.3 Å². The van der Waals surface area contributed by atoms with Crippen LogP contribution in [0.3, 0.4) is 0 Å². The first-order valence-electron chi connectivity index (χ1n) is 6.82. The standard InChI is InChI=1S/C18H19NO2.H2/c1-13(2)15-9-10-18(19-14(3)20)16(12-15)6-4-7-17-8-5-11-21-17;/h4-5,7-12H,1,6H2,2-3H3,(H,19,20);1H/b7-4+;. The summed E-state index contributed by atoms with van der Waals surface area (Å²) in [4.78, 5) is 11.3. The van der Waals surface area contributed by atoms with E-state index in [2.05, 4.69) is 18.0 Å². The first-order valence-corrected chi connectivity index (χ1v) is 6.82. The Morgan fingerprint density at radius 3 is 2.81 bits per heavy atom. The highest BCUT2D eigenvalue weighted by atomic mass is 16.3. The highest BCUT2D eigenvalue weighted by molar-refractivity contribution is 5.90. The highest BCUT2D eigenvalue weighted by Crippen LogP contribution is 2.22. The number of hydrogen-bond acceptors (Lipinski definition) is 2. The van der Waals surface area contributed by atoms with Crippen LogP contribution >= 0.6 is 0 Å². The number of anilines is 1. The molecule has 2 rings (SSSR count). The monoisotopic (exact) mass is 283 g/mol. The number of furan rings is 1. The van der Waals surface area contributed by atoms with Gasteiger partial charge < -0.3 is 9.73 Å². The van der Waals surface area contributed by atoms with Gasteiger partial charge in [0, 0.05) is 14.0 Å². The van der Waals surface area contributed by atoms with Gasteiger partial charge >= 0.3 is 0 Å². The minimum absolute atomic E-state index is 0. The van der Waals surface area contributed by atoms with Gasteiger partial charge in [-0.25, -0.2) is 0 Å². The number of carbonyl (C=O) groups is 1. The minimum Gasteiger partial charge on any atom is -0.465 e. The summed E-state index contributed by atoms with van der Waals surface area (Å²) in [5.74, 6) is 0.737. The largest absolute Gasteiger partial charge is 0.465 e. The van der Waals surface area contributed by atoms with Crippen molar-refractivity contribution >= 4 is 23.2 Å². The number of benzene rings is 1. The van der Waals surface area contributed by atoms with Gasteiger partial charge in [-0.05, 0) is 54.8 Å². The van der Waals surface area contributed by atoms with Gasteiger partial charge in [-0.3, -0.25) is 4.79 Å². The van der Waals surface area contributed by atoms with Gasteiger partial charge in [0.2, 0.25) is 5.91 Å². The first kappa shape index (κ1) is 14.9. The summed E-state index contributed by atoms with van der Waals surface area (Å²) in [5, 5.41) is 2.86. The lowest BCUT2D eigenvalue weighted by Gasteiger charge is -2.11. The lowest BCUT2D eigenvalue weighted by atomic mass is 10.0. The van der Waals surface area contributed by atoms with Crippen molar-refractivity contribution in [2.24, 2.45) is 0 Å². The molecule has 1 heterocycles. The zero-order valence-electron chi connectivity index (χ0n) is 12.3. The van der Waals surface area contributed by atoms with Crippen LogP contribution < -0.4 is 5.32 Å². The van der Waals surface area contributed by atoms with E-state index in [9.17, 15) is 4.79 Å². The predicted octanol–water partition coefficient (Wildman–Crippen LogP) is 4.77. The van der Waals surface area contributed by atoms with Crippen LogP contribution in [0.4, 0.5) is 5.69 Å². The van der Waals surface area contributed by atoms with Crippen molar-refractivity contribution in [2.75, 3.05) is 5.32 Å². The Labute approximate surface area is 126 Å². The second-order valence-electron chi connectivity index (χ2n) is 4.96. The number of hydrogen-bond donors (Lipinski definition) is 1. The molecule has 0 radical (unpaired) electrons. The second-order valence-corrected chi connectivity index (χ2v) is 4.96. The smallest absolute Gasteiger partial charge is 0.221 e. The molecular weight excluding hydrogens is 262 g/mol. The molecule has 1 aromatic carbocycles. The summed E-state index contributed by atoms with van der Waals surface area (Å²) in [7, 11) is 0. The van der Waals surface area contributed by atoms with Crippen molar-refractivity contribution in [2.45, 2.75) is 20.3 Å². The maximum atomic E-state index is 11.3. The molecule has 1 aromatic heterocycles. The normalized spacial score (nSPS) is 10.8. The summed E-state index contributed by atoms with van der Waals surface area (Å²) in [6, 6.07) is 9.69. The molecule has 0 saturated heterocycles. The Bertz CT molecular complexity index is 672. The number of nitrogens with one attached hydrogen (secondary N) is 1. The van der Waals surface area contributed by atoms with Crippen molar-refractivity contribution in [3.63, 3.8) is 0 Å². The topological polar surface area (TPSA) is 42.2 Å². The fraction of sp³-hybridized carbons (Fsp3) is 0.167. The fourth-order valence-electron chi connectivity index (χ4n) is 2.03. The Morgan fingerprint density at radius 2 is 2.19 bits per heavy atom. The van der Waals surface area contributed by atoms with Crippen molar-refractivity contribution in [1.29, 1.82) is 0 Å². The molecule has 3 heteroatoms.